The Morgan fingerprint density at radius 3 is 1.71 bits per heavy atom. The molecule has 5 aromatic carbocycles. The summed E-state index contributed by atoms with van der Waals surface area (Å²) in [5.41, 5.74) is 4.89. The highest BCUT2D eigenvalue weighted by atomic mass is 16.1. The van der Waals surface area contributed by atoms with Gasteiger partial charge in [-0.25, -0.2) is 0 Å². The summed E-state index contributed by atoms with van der Waals surface area (Å²) in [6, 6.07) is 43.1. The van der Waals surface area contributed by atoms with E-state index in [2.05, 4.69) is 77.5 Å². The standard InChI is InChI=1S/C32H23NO/c34-32(25-16-8-3-9-17-25)29-22-30-28(26-18-10-11-19-27(26)29)20-21-33(30)31(23-12-4-1-5-13-23)24-14-6-2-7-15-24/h1-22,31H. The van der Waals surface area contributed by atoms with Crippen LogP contribution in [0.4, 0.5) is 0 Å². The predicted molar refractivity (Wildman–Crippen MR) is 139 cm³/mol. The Kier molecular flexibility index (Phi) is 5.04. The number of carbonyl (C=O) groups excluding carboxylic acids is 1. The molecule has 0 atom stereocenters. The molecule has 0 saturated carbocycles. The second-order valence-corrected chi connectivity index (χ2v) is 8.54. The molecule has 0 aliphatic heterocycles. The first-order valence-corrected chi connectivity index (χ1v) is 11.5. The van der Waals surface area contributed by atoms with E-state index in [-0.39, 0.29) is 11.8 Å². The molecule has 2 heteroatoms. The van der Waals surface area contributed by atoms with E-state index in [1.807, 2.05) is 60.7 Å². The van der Waals surface area contributed by atoms with Gasteiger partial charge in [-0.1, -0.05) is 115 Å². The molecular weight excluding hydrogens is 414 g/mol. The maximum Gasteiger partial charge on any atom is 0.193 e. The van der Waals surface area contributed by atoms with Crippen molar-refractivity contribution in [2.24, 2.45) is 0 Å². The van der Waals surface area contributed by atoms with E-state index >= 15 is 0 Å². The highest BCUT2D eigenvalue weighted by Crippen LogP contribution is 2.36. The molecule has 6 rings (SSSR count). The molecule has 0 spiro atoms. The number of hydrogen-bond acceptors (Lipinski definition) is 1. The third-order valence-electron chi connectivity index (χ3n) is 6.53. The van der Waals surface area contributed by atoms with Crippen LogP contribution in [0.15, 0.2) is 134 Å². The highest BCUT2D eigenvalue weighted by molar-refractivity contribution is 6.21. The van der Waals surface area contributed by atoms with Gasteiger partial charge in [0.1, 0.15) is 0 Å². The number of aromatic nitrogens is 1. The van der Waals surface area contributed by atoms with Gasteiger partial charge >= 0.3 is 0 Å². The summed E-state index contributed by atoms with van der Waals surface area (Å²) in [5.74, 6) is 0.0439. The Morgan fingerprint density at radius 1 is 0.559 bits per heavy atom. The summed E-state index contributed by atoms with van der Waals surface area (Å²) in [7, 11) is 0. The average Bonchev–Trinajstić information content (AvgIpc) is 3.33. The van der Waals surface area contributed by atoms with Crippen molar-refractivity contribution in [1.29, 1.82) is 0 Å². The first-order valence-electron chi connectivity index (χ1n) is 11.5. The first-order chi connectivity index (χ1) is 16.8. The third-order valence-corrected chi connectivity index (χ3v) is 6.53. The molecule has 0 unspecified atom stereocenters. The fraction of sp³-hybridized carbons (Fsp3) is 0.0312. The Labute approximate surface area is 198 Å². The quantitative estimate of drug-likeness (QED) is 0.254. The fourth-order valence-corrected chi connectivity index (χ4v) is 4.95. The Hall–Kier alpha value is -4.43. The molecule has 34 heavy (non-hydrogen) atoms. The van der Waals surface area contributed by atoms with Gasteiger partial charge in [-0.05, 0) is 34.0 Å². The molecule has 162 valence electrons. The Bertz CT molecular complexity index is 1560. The van der Waals surface area contributed by atoms with Crippen molar-refractivity contribution >= 4 is 27.5 Å². The molecule has 1 heterocycles. The van der Waals surface area contributed by atoms with E-state index in [0.29, 0.717) is 5.56 Å². The van der Waals surface area contributed by atoms with Gasteiger partial charge in [0.2, 0.25) is 0 Å². The van der Waals surface area contributed by atoms with Crippen molar-refractivity contribution in [2.45, 2.75) is 6.04 Å². The van der Waals surface area contributed by atoms with Crippen LogP contribution < -0.4 is 0 Å². The normalized spacial score (nSPS) is 11.3. The van der Waals surface area contributed by atoms with Crippen molar-refractivity contribution < 1.29 is 4.79 Å². The topological polar surface area (TPSA) is 22.0 Å². The van der Waals surface area contributed by atoms with E-state index in [0.717, 1.165) is 27.2 Å². The van der Waals surface area contributed by atoms with Gasteiger partial charge in [0.25, 0.3) is 0 Å². The molecule has 0 radical (unpaired) electrons. The van der Waals surface area contributed by atoms with Crippen molar-refractivity contribution in [2.75, 3.05) is 0 Å². The number of carbonyl (C=O) groups is 1. The van der Waals surface area contributed by atoms with Crippen LogP contribution in [-0.4, -0.2) is 10.4 Å². The number of ketones is 1. The zero-order chi connectivity index (χ0) is 22.9. The minimum Gasteiger partial charge on any atom is -0.336 e. The average molecular weight is 438 g/mol. The molecule has 0 N–H and O–H groups in total. The molecule has 0 bridgehead atoms. The molecule has 0 aliphatic rings. The van der Waals surface area contributed by atoms with Gasteiger partial charge in [-0.15, -0.1) is 0 Å². The van der Waals surface area contributed by atoms with Crippen molar-refractivity contribution in [3.63, 3.8) is 0 Å². The van der Waals surface area contributed by atoms with Crippen LogP contribution >= 0.6 is 0 Å². The van der Waals surface area contributed by atoms with Gasteiger partial charge in [-0.3, -0.25) is 4.79 Å². The molecule has 1 aromatic heterocycles. The van der Waals surface area contributed by atoms with Crippen molar-refractivity contribution in [3.05, 3.63) is 156 Å². The second-order valence-electron chi connectivity index (χ2n) is 8.54. The molecular formula is C32H23NO. The van der Waals surface area contributed by atoms with Gasteiger partial charge < -0.3 is 4.57 Å². The van der Waals surface area contributed by atoms with Crippen LogP contribution in [0, 0.1) is 0 Å². The maximum absolute atomic E-state index is 13.6. The summed E-state index contributed by atoms with van der Waals surface area (Å²) in [5, 5.41) is 3.23. The van der Waals surface area contributed by atoms with Crippen LogP contribution in [0.2, 0.25) is 0 Å². The van der Waals surface area contributed by atoms with Crippen LogP contribution in [-0.2, 0) is 0 Å². The SMILES string of the molecule is O=C(c1ccccc1)c1cc2c(ccn2C(c2ccccc2)c2ccccc2)c2ccccc12. The van der Waals surface area contributed by atoms with Crippen LogP contribution in [0.3, 0.4) is 0 Å². The number of hydrogen-bond donors (Lipinski definition) is 0. The Morgan fingerprint density at radius 2 is 1.09 bits per heavy atom. The first kappa shape index (κ1) is 20.2. The fourth-order valence-electron chi connectivity index (χ4n) is 4.95. The molecule has 2 nitrogen and oxygen atoms in total. The van der Waals surface area contributed by atoms with Crippen LogP contribution in [0.25, 0.3) is 21.7 Å². The van der Waals surface area contributed by atoms with E-state index in [1.165, 1.54) is 11.1 Å². The number of nitrogens with zero attached hydrogens (tertiary/aromatic N) is 1. The van der Waals surface area contributed by atoms with Crippen LogP contribution in [0.5, 0.6) is 0 Å². The minimum absolute atomic E-state index is 0.000685. The summed E-state index contributed by atoms with van der Waals surface area (Å²) in [6.07, 6.45) is 2.15. The monoisotopic (exact) mass is 437 g/mol. The van der Waals surface area contributed by atoms with Crippen molar-refractivity contribution in [3.8, 4) is 0 Å². The summed E-state index contributed by atoms with van der Waals surface area (Å²) < 4.78 is 2.30. The van der Waals surface area contributed by atoms with Crippen LogP contribution in [0.1, 0.15) is 33.1 Å². The van der Waals surface area contributed by atoms with E-state index in [1.54, 1.807) is 0 Å². The highest BCUT2D eigenvalue weighted by Gasteiger charge is 2.21. The van der Waals surface area contributed by atoms with Gasteiger partial charge in [0.05, 0.1) is 11.6 Å². The lowest BCUT2D eigenvalue weighted by Gasteiger charge is -2.22. The molecule has 6 aromatic rings. The lowest BCUT2D eigenvalue weighted by molar-refractivity contribution is 0.104. The summed E-state index contributed by atoms with van der Waals surface area (Å²) in [6.45, 7) is 0. The molecule has 0 amide bonds. The van der Waals surface area contributed by atoms with Gasteiger partial charge in [0, 0.05) is 22.7 Å². The zero-order valence-electron chi connectivity index (χ0n) is 18.6. The minimum atomic E-state index is 0.000685. The number of rotatable bonds is 5. The van der Waals surface area contributed by atoms with Gasteiger partial charge in [0.15, 0.2) is 5.78 Å². The summed E-state index contributed by atoms with van der Waals surface area (Å²) in [4.78, 5) is 13.6. The Balaban J connectivity index is 1.64. The second kappa shape index (κ2) is 8.49. The lowest BCUT2D eigenvalue weighted by atomic mass is 9.94. The largest absolute Gasteiger partial charge is 0.336 e. The van der Waals surface area contributed by atoms with E-state index < -0.39 is 0 Å². The predicted octanol–water partition coefficient (Wildman–Crippen LogP) is 7.66. The van der Waals surface area contributed by atoms with E-state index in [4.69, 9.17) is 0 Å². The molecule has 0 aliphatic carbocycles. The molecule has 0 fully saturated rings. The van der Waals surface area contributed by atoms with Gasteiger partial charge in [-0.2, -0.15) is 0 Å². The maximum atomic E-state index is 13.6. The third kappa shape index (κ3) is 3.41. The smallest absolute Gasteiger partial charge is 0.193 e. The zero-order valence-corrected chi connectivity index (χ0v) is 18.6. The lowest BCUT2D eigenvalue weighted by Crippen LogP contribution is -2.12. The van der Waals surface area contributed by atoms with Crippen molar-refractivity contribution in [1.82, 2.24) is 4.57 Å². The molecule has 0 saturated heterocycles. The number of benzene rings is 5. The summed E-state index contributed by atoms with van der Waals surface area (Å²) >= 11 is 0. The van der Waals surface area contributed by atoms with E-state index in [9.17, 15) is 4.79 Å². The number of fused-ring (bicyclic) bond motifs is 3.